The number of rotatable bonds is 9. The summed E-state index contributed by atoms with van der Waals surface area (Å²) >= 11 is 0. The largest absolute Gasteiger partial charge is 0.466 e. The van der Waals surface area contributed by atoms with Crippen molar-refractivity contribution in [2.24, 2.45) is 0 Å². The van der Waals surface area contributed by atoms with Gasteiger partial charge in [-0.1, -0.05) is 6.07 Å². The van der Waals surface area contributed by atoms with E-state index in [1.54, 1.807) is 11.8 Å². The number of anilines is 1. The molecule has 1 saturated heterocycles. The fourth-order valence-corrected chi connectivity index (χ4v) is 4.62. The van der Waals surface area contributed by atoms with E-state index in [1.165, 1.54) is 17.4 Å². The third-order valence-corrected chi connectivity index (χ3v) is 6.43. The molecule has 0 unspecified atom stereocenters. The summed E-state index contributed by atoms with van der Waals surface area (Å²) < 4.78 is 14.6. The number of hydrogen-bond donors (Lipinski definition) is 1. The molecule has 0 aromatic heterocycles. The summed E-state index contributed by atoms with van der Waals surface area (Å²) in [5.41, 5.74) is 2.99. The zero-order valence-corrected chi connectivity index (χ0v) is 22.2. The number of piperidine rings is 1. The van der Waals surface area contributed by atoms with Crippen LogP contribution in [0.15, 0.2) is 18.2 Å². The van der Waals surface area contributed by atoms with Crippen LogP contribution in [0.2, 0.25) is 0 Å². The summed E-state index contributed by atoms with van der Waals surface area (Å²) in [5, 5.41) is 9.66. The first-order valence-electron chi connectivity index (χ1n) is 12.3. The molecule has 0 radical (unpaired) electrons. The van der Waals surface area contributed by atoms with E-state index in [4.69, 9.17) is 9.47 Å². The molecular weight excluding hydrogens is 506 g/mol. The van der Waals surface area contributed by atoms with Crippen LogP contribution in [-0.2, 0) is 41.6 Å². The van der Waals surface area contributed by atoms with E-state index in [0.717, 1.165) is 18.5 Å². The number of esters is 2. The van der Waals surface area contributed by atoms with Crippen molar-refractivity contribution in [2.45, 2.75) is 52.1 Å². The summed E-state index contributed by atoms with van der Waals surface area (Å²) in [6.07, 6.45) is 1.63. The van der Waals surface area contributed by atoms with Gasteiger partial charge in [-0.15, -0.1) is 12.4 Å². The average Bonchev–Trinajstić information content (AvgIpc) is 2.87. The number of likely N-dealkylation sites (tertiary alicyclic amines) is 1. The molecule has 2 aliphatic heterocycles. The smallest absolute Gasteiger partial charge is 0.412 e. The zero-order chi connectivity index (χ0) is 26.1. The maximum atomic E-state index is 12.8. The van der Waals surface area contributed by atoms with Crippen LogP contribution in [0.5, 0.6) is 0 Å². The quantitative estimate of drug-likeness (QED) is 0.368. The molecule has 2 amide bonds. The van der Waals surface area contributed by atoms with Gasteiger partial charge in [0, 0.05) is 51.4 Å². The summed E-state index contributed by atoms with van der Waals surface area (Å²) in [4.78, 5) is 52.9. The van der Waals surface area contributed by atoms with Crippen LogP contribution in [0.3, 0.4) is 0 Å². The zero-order valence-electron chi connectivity index (χ0n) is 21.3. The Kier molecular flexibility index (Phi) is 12.1. The number of nitrogens with zero attached hydrogens (tertiary/aromatic N) is 3. The highest BCUT2D eigenvalue weighted by Crippen LogP contribution is 2.29. The third kappa shape index (κ3) is 8.58. The average molecular weight is 542 g/mol. The van der Waals surface area contributed by atoms with Crippen LogP contribution >= 0.6 is 12.4 Å². The second kappa shape index (κ2) is 14.7. The molecule has 0 spiro atoms. The first-order valence-corrected chi connectivity index (χ1v) is 12.3. The molecule has 0 atom stereocenters. The minimum atomic E-state index is -0.618. The predicted molar refractivity (Wildman–Crippen MR) is 136 cm³/mol. The SMILES string of the molecule is CCOC(=O)CCN1CCc2ccc(N(C(=O)CO)C3CCN(C(=O)OCOC(C)=O)CC3)cc2C1.Cl. The summed E-state index contributed by atoms with van der Waals surface area (Å²) in [5.74, 6) is -1.15. The van der Waals surface area contributed by atoms with Gasteiger partial charge in [-0.25, -0.2) is 4.79 Å². The summed E-state index contributed by atoms with van der Waals surface area (Å²) in [6, 6.07) is 5.72. The van der Waals surface area contributed by atoms with E-state index in [1.807, 2.05) is 18.2 Å². The maximum absolute atomic E-state index is 12.8. The fraction of sp³-hybridized carbons (Fsp3) is 0.600. The Hall–Kier alpha value is -2.89. The van der Waals surface area contributed by atoms with E-state index in [2.05, 4.69) is 9.64 Å². The Labute approximate surface area is 223 Å². The van der Waals surface area contributed by atoms with Crippen LogP contribution in [0, 0.1) is 0 Å². The van der Waals surface area contributed by atoms with Gasteiger partial charge < -0.3 is 29.1 Å². The first-order chi connectivity index (χ1) is 17.3. The normalized spacial score (nSPS) is 15.7. The molecule has 1 aromatic carbocycles. The van der Waals surface area contributed by atoms with Gasteiger partial charge in [-0.05, 0) is 49.4 Å². The van der Waals surface area contributed by atoms with E-state index < -0.39 is 31.4 Å². The number of fused-ring (bicyclic) bond motifs is 1. The van der Waals surface area contributed by atoms with Crippen molar-refractivity contribution in [3.63, 3.8) is 0 Å². The van der Waals surface area contributed by atoms with Crippen LogP contribution < -0.4 is 4.90 Å². The number of aliphatic hydroxyl groups excluding tert-OH is 1. The molecule has 1 fully saturated rings. The number of amides is 2. The maximum Gasteiger partial charge on any atom is 0.412 e. The summed E-state index contributed by atoms with van der Waals surface area (Å²) in [7, 11) is 0. The number of halogens is 1. The molecule has 1 aromatic rings. The number of hydrogen-bond acceptors (Lipinski definition) is 9. The van der Waals surface area contributed by atoms with Crippen molar-refractivity contribution in [3.8, 4) is 0 Å². The Morgan fingerprint density at radius 1 is 1.05 bits per heavy atom. The molecule has 1 N–H and O–H groups in total. The predicted octanol–water partition coefficient (Wildman–Crippen LogP) is 1.87. The van der Waals surface area contributed by atoms with Crippen LogP contribution in [-0.4, -0.2) is 91.1 Å². The first kappa shape index (κ1) is 30.3. The number of aliphatic hydroxyl groups is 1. The lowest BCUT2D eigenvalue weighted by molar-refractivity contribution is -0.149. The van der Waals surface area contributed by atoms with Crippen LogP contribution in [0.4, 0.5) is 10.5 Å². The lowest BCUT2D eigenvalue weighted by Gasteiger charge is -2.38. The van der Waals surface area contributed by atoms with Gasteiger partial charge in [0.25, 0.3) is 5.91 Å². The molecular formula is C25H36ClN3O8. The summed E-state index contributed by atoms with van der Waals surface area (Å²) in [6.45, 7) is 5.18. The molecule has 11 nitrogen and oxygen atoms in total. The highest BCUT2D eigenvalue weighted by Gasteiger charge is 2.31. The topological polar surface area (TPSA) is 126 Å². The molecule has 0 aliphatic carbocycles. The van der Waals surface area contributed by atoms with Gasteiger partial charge >= 0.3 is 18.0 Å². The lowest BCUT2D eigenvalue weighted by Crippen LogP contribution is -2.50. The van der Waals surface area contributed by atoms with Gasteiger partial charge in [-0.3, -0.25) is 19.3 Å². The fourth-order valence-electron chi connectivity index (χ4n) is 4.62. The molecule has 206 valence electrons. The van der Waals surface area contributed by atoms with E-state index in [9.17, 15) is 24.3 Å². The Bertz CT molecular complexity index is 952. The standard InChI is InChI=1S/C25H35N3O8.ClH/c1-3-34-24(32)9-11-26-10-6-19-4-5-22(14-20(19)15-26)28(23(31)16-29)21-7-12-27(13-8-21)25(33)36-17-35-18(2)30;/h4-5,14,21,29H,3,6-13,15-17H2,1-2H3;1H. The van der Waals surface area contributed by atoms with Crippen molar-refractivity contribution in [3.05, 3.63) is 29.3 Å². The van der Waals surface area contributed by atoms with Gasteiger partial charge in [0.15, 0.2) is 0 Å². The molecule has 2 aliphatic rings. The van der Waals surface area contributed by atoms with Gasteiger partial charge in [0.1, 0.15) is 6.61 Å². The number of carbonyl (C=O) groups excluding carboxylic acids is 4. The van der Waals surface area contributed by atoms with Crippen molar-refractivity contribution in [1.29, 1.82) is 0 Å². The van der Waals surface area contributed by atoms with Crippen molar-refractivity contribution >= 4 is 42.0 Å². The molecule has 12 heteroatoms. The number of benzene rings is 1. The molecule has 3 rings (SSSR count). The minimum absolute atomic E-state index is 0. The highest BCUT2D eigenvalue weighted by atomic mass is 35.5. The second-order valence-electron chi connectivity index (χ2n) is 8.84. The van der Waals surface area contributed by atoms with Gasteiger partial charge in [-0.2, -0.15) is 0 Å². The Morgan fingerprint density at radius 2 is 1.78 bits per heavy atom. The third-order valence-electron chi connectivity index (χ3n) is 6.43. The molecule has 0 bridgehead atoms. The van der Waals surface area contributed by atoms with Crippen molar-refractivity contribution < 1.29 is 38.5 Å². The molecule has 37 heavy (non-hydrogen) atoms. The van der Waals surface area contributed by atoms with Crippen LogP contribution in [0.25, 0.3) is 0 Å². The monoisotopic (exact) mass is 541 g/mol. The highest BCUT2D eigenvalue weighted by molar-refractivity contribution is 5.95. The second-order valence-corrected chi connectivity index (χ2v) is 8.84. The molecule has 2 heterocycles. The Balaban J connectivity index is 0.00000481. The number of carbonyl (C=O) groups is 4. The van der Waals surface area contributed by atoms with Gasteiger partial charge in [0.2, 0.25) is 6.79 Å². The molecule has 0 saturated carbocycles. The van der Waals surface area contributed by atoms with E-state index in [-0.39, 0.29) is 24.4 Å². The van der Waals surface area contributed by atoms with E-state index >= 15 is 0 Å². The van der Waals surface area contributed by atoms with Crippen molar-refractivity contribution in [2.75, 3.05) is 51.1 Å². The lowest BCUT2D eigenvalue weighted by atomic mass is 9.97. The van der Waals surface area contributed by atoms with E-state index in [0.29, 0.717) is 57.7 Å². The van der Waals surface area contributed by atoms with Gasteiger partial charge in [0.05, 0.1) is 13.0 Å². The minimum Gasteiger partial charge on any atom is -0.466 e. The van der Waals surface area contributed by atoms with Crippen LogP contribution in [0.1, 0.15) is 44.2 Å². The number of ether oxygens (including phenoxy) is 3. The van der Waals surface area contributed by atoms with Crippen molar-refractivity contribution in [1.82, 2.24) is 9.80 Å². The Morgan fingerprint density at radius 3 is 2.43 bits per heavy atom.